The van der Waals surface area contributed by atoms with Crippen molar-refractivity contribution in [1.29, 1.82) is 0 Å². The minimum atomic E-state index is -1.02. The number of aromatic carboxylic acids is 1. The molecule has 0 aromatic carbocycles. The maximum atomic E-state index is 12.0. The van der Waals surface area contributed by atoms with Crippen LogP contribution in [0.15, 0.2) is 6.07 Å². The summed E-state index contributed by atoms with van der Waals surface area (Å²) in [6.45, 7) is 5.27. The Balaban J connectivity index is 2.49. The molecule has 0 aliphatic rings. The molecule has 19 heavy (non-hydrogen) atoms. The summed E-state index contributed by atoms with van der Waals surface area (Å²) < 4.78 is 7.58. The van der Waals surface area contributed by atoms with Gasteiger partial charge in [0.2, 0.25) is 0 Å². The lowest BCUT2D eigenvalue weighted by molar-refractivity contribution is 0.0521. The molecule has 0 spiro atoms. The molecule has 0 saturated carbocycles. The molecule has 102 valence electrons. The van der Waals surface area contributed by atoms with Crippen LogP contribution in [-0.2, 0) is 4.74 Å². The molecule has 0 saturated heterocycles. The fraction of sp³-hybridized carbons (Fsp3) is 0.364. The summed E-state index contributed by atoms with van der Waals surface area (Å²) >= 11 is 3.05. The summed E-state index contributed by atoms with van der Waals surface area (Å²) in [5.74, 6) is -1.02. The van der Waals surface area contributed by atoms with Crippen molar-refractivity contribution in [3.63, 3.8) is 0 Å². The molecule has 2 rings (SSSR count). The number of carbonyl (C=O) groups excluding carboxylic acids is 1. The lowest BCUT2D eigenvalue weighted by Crippen LogP contribution is -2.27. The molecule has 8 heteroatoms. The van der Waals surface area contributed by atoms with E-state index >= 15 is 0 Å². The molecule has 2 aromatic rings. The number of thiophene rings is 1. The van der Waals surface area contributed by atoms with E-state index in [1.54, 1.807) is 20.8 Å². The van der Waals surface area contributed by atoms with Crippen molar-refractivity contribution in [3.05, 3.63) is 14.6 Å². The zero-order chi connectivity index (χ0) is 14.4. The molecule has 0 unspecified atom stereocenters. The minimum Gasteiger partial charge on any atom is -0.477 e. The third kappa shape index (κ3) is 2.89. The Labute approximate surface area is 126 Å². The average Bonchev–Trinajstić information content (AvgIpc) is 2.76. The van der Waals surface area contributed by atoms with Gasteiger partial charge in [0.25, 0.3) is 0 Å². The Bertz CT molecular complexity index is 668. The maximum absolute atomic E-state index is 12.0. The van der Waals surface area contributed by atoms with Crippen LogP contribution in [0, 0.1) is 3.70 Å². The third-order valence-electron chi connectivity index (χ3n) is 2.09. The van der Waals surface area contributed by atoms with Gasteiger partial charge in [-0.15, -0.1) is 11.3 Å². The lowest BCUT2D eigenvalue weighted by atomic mass is 10.2. The number of carbonyl (C=O) groups is 2. The number of aromatic nitrogens is 2. The highest BCUT2D eigenvalue weighted by Crippen LogP contribution is 2.30. The minimum absolute atomic E-state index is 0.169. The van der Waals surface area contributed by atoms with Crippen LogP contribution in [0.2, 0.25) is 0 Å². The third-order valence-corrected chi connectivity index (χ3v) is 4.33. The molecule has 2 heterocycles. The van der Waals surface area contributed by atoms with E-state index in [1.807, 2.05) is 22.6 Å². The second-order valence-electron chi connectivity index (χ2n) is 4.81. The van der Waals surface area contributed by atoms with Gasteiger partial charge >= 0.3 is 12.1 Å². The first kappa shape index (κ1) is 14.3. The Kier molecular flexibility index (Phi) is 3.56. The second-order valence-corrected chi connectivity index (χ2v) is 6.89. The fourth-order valence-corrected chi connectivity index (χ4v) is 3.10. The number of fused-ring (bicyclic) bond motifs is 1. The van der Waals surface area contributed by atoms with E-state index in [4.69, 9.17) is 9.84 Å². The van der Waals surface area contributed by atoms with E-state index in [9.17, 15) is 9.59 Å². The van der Waals surface area contributed by atoms with Gasteiger partial charge in [-0.2, -0.15) is 9.78 Å². The van der Waals surface area contributed by atoms with Gasteiger partial charge in [0, 0.05) is 0 Å². The molecule has 0 fully saturated rings. The molecule has 0 bridgehead atoms. The average molecular weight is 394 g/mol. The van der Waals surface area contributed by atoms with Crippen molar-refractivity contribution >= 4 is 56.2 Å². The molecular formula is C11H11IN2O4S. The maximum Gasteiger partial charge on any atom is 0.435 e. The van der Waals surface area contributed by atoms with Gasteiger partial charge in [0.1, 0.15) is 14.2 Å². The number of carboxylic acid groups (broad SMARTS) is 1. The summed E-state index contributed by atoms with van der Waals surface area (Å²) in [6.07, 6.45) is -0.616. The molecule has 1 N–H and O–H groups in total. The van der Waals surface area contributed by atoms with E-state index in [0.29, 0.717) is 13.9 Å². The number of halogens is 1. The molecule has 0 atom stereocenters. The number of hydrogen-bond donors (Lipinski definition) is 1. The van der Waals surface area contributed by atoms with Crippen LogP contribution in [-0.4, -0.2) is 32.6 Å². The van der Waals surface area contributed by atoms with Crippen LogP contribution in [0.3, 0.4) is 0 Å². The highest BCUT2D eigenvalue weighted by atomic mass is 127. The van der Waals surface area contributed by atoms with Gasteiger partial charge in [0.15, 0.2) is 0 Å². The number of hydrogen-bond acceptors (Lipinski definition) is 5. The predicted molar refractivity (Wildman–Crippen MR) is 78.9 cm³/mol. The molecular weight excluding hydrogens is 383 g/mol. The predicted octanol–water partition coefficient (Wildman–Crippen LogP) is 3.18. The van der Waals surface area contributed by atoms with Crippen molar-refractivity contribution in [2.24, 2.45) is 0 Å². The SMILES string of the molecule is CC(C)(C)OC(=O)n1nc(I)c2sc(C(=O)O)cc21. The van der Waals surface area contributed by atoms with E-state index in [0.717, 1.165) is 16.0 Å². The summed E-state index contributed by atoms with van der Waals surface area (Å²) in [6, 6.07) is 1.43. The zero-order valence-corrected chi connectivity index (χ0v) is 13.4. The first-order valence-corrected chi connectivity index (χ1v) is 7.23. The normalized spacial score (nSPS) is 11.8. The van der Waals surface area contributed by atoms with E-state index in [2.05, 4.69) is 5.10 Å². The van der Waals surface area contributed by atoms with Crippen LogP contribution in [0.25, 0.3) is 10.2 Å². The lowest BCUT2D eigenvalue weighted by Gasteiger charge is -2.18. The van der Waals surface area contributed by atoms with Crippen LogP contribution in [0.5, 0.6) is 0 Å². The molecule has 6 nitrogen and oxygen atoms in total. The molecule has 0 radical (unpaired) electrons. The Morgan fingerprint density at radius 3 is 2.63 bits per heavy atom. The summed E-state index contributed by atoms with van der Waals surface area (Å²) in [5, 5.41) is 13.1. The van der Waals surface area contributed by atoms with Crippen molar-refractivity contribution in [2.75, 3.05) is 0 Å². The standard InChI is InChI=1S/C11H11IN2O4S/c1-11(2,3)18-10(17)14-5-4-6(9(15)16)19-7(5)8(12)13-14/h4H,1-3H3,(H,15,16). The van der Waals surface area contributed by atoms with Gasteiger partial charge in [-0.1, -0.05) is 0 Å². The van der Waals surface area contributed by atoms with Crippen molar-refractivity contribution in [2.45, 2.75) is 26.4 Å². The Morgan fingerprint density at radius 2 is 2.11 bits per heavy atom. The van der Waals surface area contributed by atoms with E-state index < -0.39 is 17.7 Å². The highest BCUT2D eigenvalue weighted by molar-refractivity contribution is 14.1. The number of ether oxygens (including phenoxy) is 1. The number of nitrogens with zero attached hydrogens (tertiary/aromatic N) is 2. The van der Waals surface area contributed by atoms with Crippen molar-refractivity contribution in [3.8, 4) is 0 Å². The van der Waals surface area contributed by atoms with Gasteiger partial charge in [0.05, 0.1) is 10.2 Å². The molecule has 2 aromatic heterocycles. The van der Waals surface area contributed by atoms with Gasteiger partial charge in [-0.05, 0) is 49.4 Å². The first-order valence-electron chi connectivity index (χ1n) is 5.34. The second kappa shape index (κ2) is 4.75. The summed E-state index contributed by atoms with van der Waals surface area (Å²) in [4.78, 5) is 23.1. The Hall–Kier alpha value is -1.16. The highest BCUT2D eigenvalue weighted by Gasteiger charge is 2.24. The zero-order valence-electron chi connectivity index (χ0n) is 10.4. The first-order chi connectivity index (χ1) is 8.69. The Morgan fingerprint density at radius 1 is 1.47 bits per heavy atom. The van der Waals surface area contributed by atoms with Crippen molar-refractivity contribution < 1.29 is 19.4 Å². The van der Waals surface area contributed by atoms with Gasteiger partial charge in [-0.25, -0.2) is 9.59 Å². The monoisotopic (exact) mass is 394 g/mol. The molecule has 0 aliphatic carbocycles. The van der Waals surface area contributed by atoms with Crippen LogP contribution >= 0.6 is 33.9 Å². The molecule has 0 aliphatic heterocycles. The summed E-state index contributed by atoms with van der Waals surface area (Å²) in [7, 11) is 0. The smallest absolute Gasteiger partial charge is 0.435 e. The van der Waals surface area contributed by atoms with Gasteiger partial charge < -0.3 is 9.84 Å². The van der Waals surface area contributed by atoms with Crippen LogP contribution in [0.1, 0.15) is 30.4 Å². The van der Waals surface area contributed by atoms with E-state index in [1.165, 1.54) is 6.07 Å². The van der Waals surface area contributed by atoms with Crippen LogP contribution < -0.4 is 0 Å². The quantitative estimate of drug-likeness (QED) is 0.752. The molecule has 0 amide bonds. The number of rotatable bonds is 1. The fourth-order valence-electron chi connectivity index (χ4n) is 1.42. The van der Waals surface area contributed by atoms with Crippen LogP contribution in [0.4, 0.5) is 4.79 Å². The van der Waals surface area contributed by atoms with Gasteiger partial charge in [-0.3, -0.25) is 0 Å². The van der Waals surface area contributed by atoms with E-state index in [-0.39, 0.29) is 4.88 Å². The largest absolute Gasteiger partial charge is 0.477 e. The topological polar surface area (TPSA) is 81.4 Å². The van der Waals surface area contributed by atoms with Crippen molar-refractivity contribution in [1.82, 2.24) is 9.78 Å². The number of carboxylic acids is 1. The summed E-state index contributed by atoms with van der Waals surface area (Å²) in [5.41, 5.74) is -0.173.